The third-order valence-electron chi connectivity index (χ3n) is 19.0. The Bertz CT molecular complexity index is 6230. The van der Waals surface area contributed by atoms with Crippen LogP contribution in [0.25, 0.3) is 135 Å². The van der Waals surface area contributed by atoms with Crippen molar-refractivity contribution in [3.05, 3.63) is 193 Å². The standard InChI is InChI=1S/C21H20N6O2.C20H20N6O3.2C20H20N6O2/c1-13-24-20(25-29-13)14-5-6-22-16(9-14)17-10-15-11-18(26(2)19(15)12-23-17)21(28)27-7-3-4-8-27;1-12-24-19(25-29-12)13-4-5-21-15(8-13)16-9-14-10-17(20(27)22-6-7-28-3)26(2)18(14)11-23-16;1-5-26-17(20(27)25(3)4)10-14-9-16(22-11-18(14)26)15-8-13(6-7-21-15)19-23-12(2)28-24-19;1-4-6-22-20(27)17-10-14-9-16(23-11-18(14)26(17)3)15-8-13(5-7-21-15)19-24-12(2)28-25-19/h5-6,9-12H,3-4,7-8H2,1-2H3;4-5,8-11H,6-7H2,1-3H3,(H,22,27);6-11H,5H2,1-4H3;5,7-11H,4,6H2,1-3H3,(H,22,27). The topological polar surface area (TPSA) is 387 Å². The molecule has 578 valence electrons. The zero-order valence-electron chi connectivity index (χ0n) is 64.7. The van der Waals surface area contributed by atoms with Gasteiger partial charge in [0.1, 0.15) is 22.8 Å². The van der Waals surface area contributed by atoms with Crippen molar-refractivity contribution in [2.45, 2.75) is 67.3 Å². The van der Waals surface area contributed by atoms with Crippen LogP contribution in [0.5, 0.6) is 0 Å². The van der Waals surface area contributed by atoms with Gasteiger partial charge in [-0.1, -0.05) is 27.6 Å². The highest BCUT2D eigenvalue weighted by Crippen LogP contribution is 2.32. The summed E-state index contributed by atoms with van der Waals surface area (Å²) in [7, 11) is 10.7. The largest absolute Gasteiger partial charge is 0.383 e. The summed E-state index contributed by atoms with van der Waals surface area (Å²) in [6, 6.07) is 30.1. The van der Waals surface area contributed by atoms with Crippen LogP contribution in [-0.2, 0) is 32.4 Å². The van der Waals surface area contributed by atoms with Gasteiger partial charge >= 0.3 is 0 Å². The zero-order chi connectivity index (χ0) is 79.8. The summed E-state index contributed by atoms with van der Waals surface area (Å²) in [6.45, 7) is 14.9. The number of aryl methyl sites for hydroxylation is 8. The number of hydrogen-bond acceptors (Lipinski definition) is 25. The number of fused-ring (bicyclic) bond motifs is 4. The van der Waals surface area contributed by atoms with Crippen molar-refractivity contribution in [3.8, 4) is 91.1 Å². The predicted molar refractivity (Wildman–Crippen MR) is 423 cm³/mol. The number of hydrogen-bond donors (Lipinski definition) is 2. The number of nitrogens with zero attached hydrogens (tertiary/aromatic N) is 22. The third kappa shape index (κ3) is 16.5. The Morgan fingerprint density at radius 1 is 0.430 bits per heavy atom. The van der Waals surface area contributed by atoms with E-state index in [2.05, 4.69) is 91.1 Å². The van der Waals surface area contributed by atoms with Gasteiger partial charge in [-0.2, -0.15) is 19.9 Å². The molecule has 16 aromatic heterocycles. The van der Waals surface area contributed by atoms with Crippen LogP contribution in [0.1, 0.15) is 98.6 Å². The second-order valence-electron chi connectivity index (χ2n) is 27.0. The number of rotatable bonds is 18. The molecule has 0 radical (unpaired) electrons. The summed E-state index contributed by atoms with van der Waals surface area (Å²) in [5.41, 5.74) is 14.9. The van der Waals surface area contributed by atoms with Crippen molar-refractivity contribution in [2.24, 2.45) is 21.1 Å². The highest BCUT2D eigenvalue weighted by Gasteiger charge is 2.25. The molecular formula is C81H80N24O9. The first-order valence-corrected chi connectivity index (χ1v) is 36.7. The van der Waals surface area contributed by atoms with E-state index in [0.717, 1.165) is 104 Å². The molecule has 2 N–H and O–H groups in total. The van der Waals surface area contributed by atoms with E-state index in [1.807, 2.05) is 155 Å². The van der Waals surface area contributed by atoms with Crippen molar-refractivity contribution in [3.63, 3.8) is 0 Å². The minimum Gasteiger partial charge on any atom is -0.383 e. The zero-order valence-corrected chi connectivity index (χ0v) is 64.7. The molecule has 4 amide bonds. The molecule has 0 bridgehead atoms. The summed E-state index contributed by atoms with van der Waals surface area (Å²) in [5, 5.41) is 25.3. The first-order valence-electron chi connectivity index (χ1n) is 36.7. The Hall–Kier alpha value is -14.2. The number of likely N-dealkylation sites (tertiary alicyclic amines) is 1. The average Bonchev–Trinajstić information content (AvgIpc) is 1.64. The average molecular weight is 1530 g/mol. The number of carbonyl (C=O) groups excluding carboxylic acids is 4. The summed E-state index contributed by atoms with van der Waals surface area (Å²) >= 11 is 0. The van der Waals surface area contributed by atoms with E-state index in [1.165, 1.54) is 0 Å². The number of pyridine rings is 8. The highest BCUT2D eigenvalue weighted by molar-refractivity contribution is 6.02. The Labute approximate surface area is 651 Å². The quantitative estimate of drug-likeness (QED) is 0.0753. The van der Waals surface area contributed by atoms with Crippen molar-refractivity contribution in [1.82, 2.24) is 119 Å². The van der Waals surface area contributed by atoms with Crippen LogP contribution >= 0.6 is 0 Å². The summed E-state index contributed by atoms with van der Waals surface area (Å²) < 4.78 is 32.8. The fourth-order valence-corrected chi connectivity index (χ4v) is 13.1. The van der Waals surface area contributed by atoms with Crippen LogP contribution < -0.4 is 10.6 Å². The van der Waals surface area contributed by atoms with E-state index >= 15 is 0 Å². The number of nitrogens with one attached hydrogen (secondary N) is 2. The molecule has 114 heavy (non-hydrogen) atoms. The molecule has 1 saturated heterocycles. The van der Waals surface area contributed by atoms with E-state index in [0.29, 0.717) is 136 Å². The van der Waals surface area contributed by atoms with Crippen LogP contribution in [0.15, 0.2) is 165 Å². The molecule has 1 fully saturated rings. The van der Waals surface area contributed by atoms with Gasteiger partial charge in [0.2, 0.25) is 46.9 Å². The fraction of sp³-hybridized carbons (Fsp3) is 0.259. The molecule has 17 heterocycles. The Morgan fingerprint density at radius 3 is 1.09 bits per heavy atom. The molecule has 17 rings (SSSR count). The van der Waals surface area contributed by atoms with Crippen LogP contribution in [-0.4, -0.2) is 186 Å². The van der Waals surface area contributed by atoms with Crippen LogP contribution in [0, 0.1) is 27.7 Å². The monoisotopic (exact) mass is 1530 g/mol. The predicted octanol–water partition coefficient (Wildman–Crippen LogP) is 11.9. The molecule has 1 aliphatic rings. The highest BCUT2D eigenvalue weighted by atomic mass is 16.5. The summed E-state index contributed by atoms with van der Waals surface area (Å²) in [6.07, 6.45) is 16.9. The van der Waals surface area contributed by atoms with Crippen LogP contribution in [0.3, 0.4) is 0 Å². The smallest absolute Gasteiger partial charge is 0.270 e. The van der Waals surface area contributed by atoms with Gasteiger partial charge in [0, 0.05) is 171 Å². The first-order chi connectivity index (χ1) is 55.2. The molecular weight excluding hydrogens is 1450 g/mol. The van der Waals surface area contributed by atoms with Gasteiger partial charge in [0.05, 0.1) is 99.0 Å². The molecule has 16 aromatic rings. The lowest BCUT2D eigenvalue weighted by Crippen LogP contribution is -2.29. The van der Waals surface area contributed by atoms with E-state index in [4.69, 9.17) is 22.8 Å². The van der Waals surface area contributed by atoms with Crippen molar-refractivity contribution in [2.75, 3.05) is 54.0 Å². The number of carbonyl (C=O) groups is 4. The van der Waals surface area contributed by atoms with Crippen LogP contribution in [0.2, 0.25) is 0 Å². The van der Waals surface area contributed by atoms with Gasteiger partial charge in [-0.05, 0) is 123 Å². The normalized spacial score (nSPS) is 11.9. The lowest BCUT2D eigenvalue weighted by molar-refractivity contribution is 0.0782. The van der Waals surface area contributed by atoms with E-state index in [9.17, 15) is 19.2 Å². The van der Waals surface area contributed by atoms with Crippen molar-refractivity contribution in [1.29, 1.82) is 0 Å². The maximum atomic E-state index is 12.8. The first kappa shape index (κ1) is 76.5. The Balaban J connectivity index is 0.000000126. The van der Waals surface area contributed by atoms with Gasteiger partial charge in [-0.15, -0.1) is 0 Å². The van der Waals surface area contributed by atoms with Crippen molar-refractivity contribution < 1.29 is 42.0 Å². The molecule has 0 atom stereocenters. The number of ether oxygens (including phenoxy) is 1. The lowest BCUT2D eigenvalue weighted by atomic mass is 10.1. The van der Waals surface area contributed by atoms with E-state index in [-0.39, 0.29) is 23.6 Å². The second-order valence-corrected chi connectivity index (χ2v) is 27.0. The second kappa shape index (κ2) is 33.5. The summed E-state index contributed by atoms with van der Waals surface area (Å²) in [4.78, 5) is 107. The SMILES string of the molecule is CCCNC(=O)c1cc2cc(-c3cc(-c4noc(C)n4)ccn3)ncc2n1C.CCn1c(C(=O)N(C)C)cc2cc(-c3cc(-c4noc(C)n4)ccn3)ncc21.COCCNC(=O)c1cc2cc(-c3cc(-c4noc(C)n4)ccn3)ncc2n1C.Cc1nc(-c2ccnc(-c3cc4cc(C(=O)N5CCCC5)n(C)c4cn3)c2)no1. The maximum Gasteiger partial charge on any atom is 0.270 e. The minimum atomic E-state index is -0.158. The Kier molecular flexibility index (Phi) is 22.5. The molecule has 0 spiro atoms. The van der Waals surface area contributed by atoms with Gasteiger partial charge in [-0.3, -0.25) is 59.0 Å². The van der Waals surface area contributed by atoms with Gasteiger partial charge in [0.25, 0.3) is 23.6 Å². The fourth-order valence-electron chi connectivity index (χ4n) is 13.1. The van der Waals surface area contributed by atoms with Gasteiger partial charge in [-0.25, -0.2) is 0 Å². The van der Waals surface area contributed by atoms with Crippen LogP contribution in [0.4, 0.5) is 0 Å². The molecule has 0 unspecified atom stereocenters. The maximum absolute atomic E-state index is 12.8. The molecule has 0 aliphatic carbocycles. The molecule has 0 saturated carbocycles. The molecule has 1 aliphatic heterocycles. The van der Waals surface area contributed by atoms with Crippen molar-refractivity contribution >= 4 is 67.2 Å². The number of methoxy groups -OCH3 is 1. The van der Waals surface area contributed by atoms with E-state index < -0.39 is 0 Å². The van der Waals surface area contributed by atoms with E-state index in [1.54, 1.807) is 103 Å². The summed E-state index contributed by atoms with van der Waals surface area (Å²) in [5.74, 6) is 3.86. The minimum absolute atomic E-state index is 0.0350. The number of amides is 4. The molecule has 0 aromatic carbocycles. The molecule has 33 heteroatoms. The molecule has 33 nitrogen and oxygen atoms in total. The third-order valence-corrected chi connectivity index (χ3v) is 19.0. The Morgan fingerprint density at radius 2 is 0.754 bits per heavy atom. The number of aromatic nitrogens is 20. The van der Waals surface area contributed by atoms with Gasteiger partial charge in [0.15, 0.2) is 0 Å². The lowest BCUT2D eigenvalue weighted by Gasteiger charge is -2.15. The van der Waals surface area contributed by atoms with Gasteiger partial charge < -0.3 is 61.5 Å².